The first-order chi connectivity index (χ1) is 8.52. The van der Waals surface area contributed by atoms with Crippen molar-refractivity contribution in [1.29, 1.82) is 0 Å². The average Bonchev–Trinajstić information content (AvgIpc) is 2.76. The fraction of sp³-hybridized carbons (Fsp3) is 0.286. The van der Waals surface area contributed by atoms with Gasteiger partial charge in [0.05, 0.1) is 0 Å². The Morgan fingerprint density at radius 2 is 1.83 bits per heavy atom. The normalized spacial score (nSPS) is 12.7. The number of hydrogen-bond donors (Lipinski definition) is 1. The standard InChI is InChI=1S/C14H14Br2O2/c1-3-11(17)12-4-5-13(18-12)14-9(15)6-8(2)7-10(14)16/h4-7,11,17H,3H2,1-2H3. The number of aliphatic hydroxyl groups excluding tert-OH is 1. The summed E-state index contributed by atoms with van der Waals surface area (Å²) in [6.45, 7) is 3.96. The van der Waals surface area contributed by atoms with Crippen molar-refractivity contribution in [3.8, 4) is 11.3 Å². The summed E-state index contributed by atoms with van der Waals surface area (Å²) in [4.78, 5) is 0. The third-order valence-electron chi connectivity index (χ3n) is 2.77. The maximum Gasteiger partial charge on any atom is 0.136 e. The van der Waals surface area contributed by atoms with Crippen LogP contribution in [0.5, 0.6) is 0 Å². The number of aryl methyl sites for hydroxylation is 1. The van der Waals surface area contributed by atoms with Gasteiger partial charge in [-0.05, 0) is 75.0 Å². The first kappa shape index (κ1) is 13.8. The van der Waals surface area contributed by atoms with Crippen LogP contribution in [0, 0.1) is 6.92 Å². The summed E-state index contributed by atoms with van der Waals surface area (Å²) < 4.78 is 7.66. The third-order valence-corrected chi connectivity index (χ3v) is 4.03. The van der Waals surface area contributed by atoms with Crippen molar-refractivity contribution in [2.75, 3.05) is 0 Å². The zero-order valence-electron chi connectivity index (χ0n) is 10.2. The number of furan rings is 1. The average molecular weight is 374 g/mol. The molecule has 2 aromatic rings. The molecule has 2 rings (SSSR count). The zero-order valence-corrected chi connectivity index (χ0v) is 13.4. The van der Waals surface area contributed by atoms with Gasteiger partial charge in [0.25, 0.3) is 0 Å². The van der Waals surface area contributed by atoms with Gasteiger partial charge in [0.2, 0.25) is 0 Å². The van der Waals surface area contributed by atoms with Gasteiger partial charge in [0, 0.05) is 14.5 Å². The van der Waals surface area contributed by atoms with Crippen molar-refractivity contribution < 1.29 is 9.52 Å². The monoisotopic (exact) mass is 372 g/mol. The first-order valence-electron chi connectivity index (χ1n) is 5.76. The van der Waals surface area contributed by atoms with Gasteiger partial charge in [-0.2, -0.15) is 0 Å². The molecule has 0 amide bonds. The molecule has 0 saturated heterocycles. The summed E-state index contributed by atoms with van der Waals surface area (Å²) in [6.07, 6.45) is 0.102. The Kier molecular flexibility index (Phi) is 4.30. The van der Waals surface area contributed by atoms with Crippen LogP contribution in [0.15, 0.2) is 37.6 Å². The van der Waals surface area contributed by atoms with Gasteiger partial charge in [-0.15, -0.1) is 0 Å². The minimum atomic E-state index is -0.540. The minimum absolute atomic E-state index is 0.540. The second kappa shape index (κ2) is 5.59. The molecule has 0 bridgehead atoms. The lowest BCUT2D eigenvalue weighted by atomic mass is 10.1. The van der Waals surface area contributed by atoms with E-state index in [4.69, 9.17) is 4.42 Å². The highest BCUT2D eigenvalue weighted by Gasteiger charge is 2.15. The van der Waals surface area contributed by atoms with Crippen molar-refractivity contribution in [2.45, 2.75) is 26.4 Å². The number of aliphatic hydroxyl groups is 1. The van der Waals surface area contributed by atoms with E-state index in [2.05, 4.69) is 31.9 Å². The Morgan fingerprint density at radius 3 is 2.39 bits per heavy atom. The Labute approximate surface area is 123 Å². The fourth-order valence-electron chi connectivity index (χ4n) is 1.80. The molecule has 1 atom stereocenters. The molecular weight excluding hydrogens is 360 g/mol. The first-order valence-corrected chi connectivity index (χ1v) is 7.35. The van der Waals surface area contributed by atoms with E-state index in [0.717, 1.165) is 25.8 Å². The summed E-state index contributed by atoms with van der Waals surface area (Å²) >= 11 is 7.09. The molecule has 0 aliphatic carbocycles. The van der Waals surface area contributed by atoms with Gasteiger partial charge < -0.3 is 9.52 Å². The minimum Gasteiger partial charge on any atom is -0.458 e. The van der Waals surface area contributed by atoms with Crippen molar-refractivity contribution >= 4 is 31.9 Å². The van der Waals surface area contributed by atoms with Crippen LogP contribution in [0.25, 0.3) is 11.3 Å². The summed E-state index contributed by atoms with van der Waals surface area (Å²) in [5.74, 6) is 1.35. The van der Waals surface area contributed by atoms with Gasteiger partial charge in [-0.3, -0.25) is 0 Å². The number of hydrogen-bond acceptors (Lipinski definition) is 2. The van der Waals surface area contributed by atoms with Crippen LogP contribution in [0.2, 0.25) is 0 Å². The molecule has 0 aliphatic heterocycles. The molecular formula is C14H14Br2O2. The number of halogens is 2. The molecule has 0 aliphatic rings. The highest BCUT2D eigenvalue weighted by Crippen LogP contribution is 2.38. The van der Waals surface area contributed by atoms with E-state index in [1.54, 1.807) is 0 Å². The lowest BCUT2D eigenvalue weighted by Gasteiger charge is -2.07. The quantitative estimate of drug-likeness (QED) is 0.799. The molecule has 1 N–H and O–H groups in total. The van der Waals surface area contributed by atoms with E-state index in [1.165, 1.54) is 0 Å². The summed E-state index contributed by atoms with van der Waals surface area (Å²) in [6, 6.07) is 7.79. The largest absolute Gasteiger partial charge is 0.458 e. The highest BCUT2D eigenvalue weighted by atomic mass is 79.9. The Morgan fingerprint density at radius 1 is 1.22 bits per heavy atom. The smallest absolute Gasteiger partial charge is 0.136 e. The SMILES string of the molecule is CCC(O)c1ccc(-c2c(Br)cc(C)cc2Br)o1. The van der Waals surface area contributed by atoms with E-state index in [-0.39, 0.29) is 0 Å². The molecule has 1 unspecified atom stereocenters. The Balaban J connectivity index is 2.46. The van der Waals surface area contributed by atoms with Crippen LogP contribution in [0.1, 0.15) is 30.8 Å². The van der Waals surface area contributed by atoms with Gasteiger partial charge in [0.1, 0.15) is 17.6 Å². The van der Waals surface area contributed by atoms with E-state index >= 15 is 0 Å². The third kappa shape index (κ3) is 2.71. The number of benzene rings is 1. The molecule has 1 heterocycles. The van der Waals surface area contributed by atoms with E-state index in [0.29, 0.717) is 12.2 Å². The maximum atomic E-state index is 9.76. The fourth-order valence-corrected chi connectivity index (χ4v) is 3.61. The highest BCUT2D eigenvalue weighted by molar-refractivity contribution is 9.11. The topological polar surface area (TPSA) is 33.4 Å². The van der Waals surface area contributed by atoms with Gasteiger partial charge >= 0.3 is 0 Å². The second-order valence-electron chi connectivity index (χ2n) is 4.23. The number of rotatable bonds is 3. The lowest BCUT2D eigenvalue weighted by Crippen LogP contribution is -1.91. The lowest BCUT2D eigenvalue weighted by molar-refractivity contribution is 0.147. The predicted octanol–water partition coefficient (Wildman–Crippen LogP) is 5.22. The molecule has 4 heteroatoms. The van der Waals surface area contributed by atoms with Crippen LogP contribution in [0.3, 0.4) is 0 Å². The van der Waals surface area contributed by atoms with Crippen LogP contribution < -0.4 is 0 Å². The van der Waals surface area contributed by atoms with E-state index < -0.39 is 6.10 Å². The molecule has 0 radical (unpaired) electrons. The molecule has 0 spiro atoms. The summed E-state index contributed by atoms with van der Waals surface area (Å²) in [7, 11) is 0. The Hall–Kier alpha value is -0.580. The van der Waals surface area contributed by atoms with Crippen molar-refractivity contribution in [2.24, 2.45) is 0 Å². The molecule has 1 aromatic carbocycles. The van der Waals surface area contributed by atoms with Crippen LogP contribution in [-0.4, -0.2) is 5.11 Å². The van der Waals surface area contributed by atoms with E-state index in [9.17, 15) is 5.11 Å². The zero-order chi connectivity index (χ0) is 13.3. The predicted molar refractivity (Wildman–Crippen MR) is 79.5 cm³/mol. The van der Waals surface area contributed by atoms with Gasteiger partial charge in [-0.25, -0.2) is 0 Å². The molecule has 0 saturated carbocycles. The molecule has 1 aromatic heterocycles. The maximum absolute atomic E-state index is 9.76. The molecule has 18 heavy (non-hydrogen) atoms. The van der Waals surface area contributed by atoms with Crippen molar-refractivity contribution in [1.82, 2.24) is 0 Å². The van der Waals surface area contributed by atoms with Gasteiger partial charge in [0.15, 0.2) is 0 Å². The summed E-state index contributed by atoms with van der Waals surface area (Å²) in [5, 5.41) is 9.76. The van der Waals surface area contributed by atoms with Crippen LogP contribution in [-0.2, 0) is 0 Å². The van der Waals surface area contributed by atoms with Crippen molar-refractivity contribution in [3.05, 3.63) is 44.5 Å². The van der Waals surface area contributed by atoms with Crippen LogP contribution >= 0.6 is 31.9 Å². The molecule has 2 nitrogen and oxygen atoms in total. The van der Waals surface area contributed by atoms with Crippen molar-refractivity contribution in [3.63, 3.8) is 0 Å². The Bertz CT molecular complexity index is 538. The van der Waals surface area contributed by atoms with E-state index in [1.807, 2.05) is 38.1 Å². The summed E-state index contributed by atoms with van der Waals surface area (Å²) in [5.41, 5.74) is 2.13. The van der Waals surface area contributed by atoms with Crippen LogP contribution in [0.4, 0.5) is 0 Å². The van der Waals surface area contributed by atoms with Gasteiger partial charge in [-0.1, -0.05) is 6.92 Å². The molecule has 0 fully saturated rings. The molecule has 96 valence electrons. The second-order valence-corrected chi connectivity index (χ2v) is 5.94.